The number of fused-ring (bicyclic) bond motifs is 1. The van der Waals surface area contributed by atoms with E-state index < -0.39 is 17.8 Å². The fraction of sp³-hybridized carbons (Fsp3) is 0.174. The van der Waals surface area contributed by atoms with E-state index in [-0.39, 0.29) is 23.8 Å². The van der Waals surface area contributed by atoms with E-state index in [1.807, 2.05) is 0 Å². The summed E-state index contributed by atoms with van der Waals surface area (Å²) in [6, 6.07) is 11.9. The van der Waals surface area contributed by atoms with Gasteiger partial charge in [0.1, 0.15) is 4.88 Å². The molecule has 0 bridgehead atoms. The molecule has 33 heavy (non-hydrogen) atoms. The molecule has 0 spiro atoms. The second-order valence-corrected chi connectivity index (χ2v) is 8.82. The van der Waals surface area contributed by atoms with E-state index in [1.54, 1.807) is 42.5 Å². The van der Waals surface area contributed by atoms with Crippen LogP contribution in [0.3, 0.4) is 0 Å². The molecule has 0 fully saturated rings. The van der Waals surface area contributed by atoms with Crippen molar-refractivity contribution >= 4 is 46.4 Å². The van der Waals surface area contributed by atoms with Gasteiger partial charge in [-0.1, -0.05) is 29.8 Å². The molecule has 2 heterocycles. The monoisotopic (exact) mass is 486 g/mol. The van der Waals surface area contributed by atoms with Gasteiger partial charge in [0.25, 0.3) is 5.91 Å². The van der Waals surface area contributed by atoms with Gasteiger partial charge in [-0.25, -0.2) is 4.79 Å². The Hall–Kier alpha value is -3.56. The summed E-state index contributed by atoms with van der Waals surface area (Å²) in [7, 11) is 1.47. The molecule has 1 aliphatic rings. The first-order valence-corrected chi connectivity index (χ1v) is 11.0. The number of rotatable bonds is 7. The van der Waals surface area contributed by atoms with Gasteiger partial charge in [-0.15, -0.1) is 11.3 Å². The number of aromatic carboxylic acids is 1. The van der Waals surface area contributed by atoms with E-state index >= 15 is 0 Å². The highest BCUT2D eigenvalue weighted by atomic mass is 35.5. The van der Waals surface area contributed by atoms with Gasteiger partial charge in [-0.05, 0) is 35.4 Å². The summed E-state index contributed by atoms with van der Waals surface area (Å²) in [4.78, 5) is 36.7. The number of nitrogens with one attached hydrogen (secondary N) is 1. The van der Waals surface area contributed by atoms with Crippen molar-refractivity contribution in [3.63, 3.8) is 0 Å². The number of hydrogen-bond donors (Lipinski definition) is 3. The molecule has 2 amide bonds. The fourth-order valence-electron chi connectivity index (χ4n) is 3.77. The number of carbonyl (C=O) groups excluding carboxylic acids is 2. The van der Waals surface area contributed by atoms with Crippen LogP contribution < -0.4 is 20.5 Å². The number of amides is 2. The fourth-order valence-corrected chi connectivity index (χ4v) is 5.14. The van der Waals surface area contributed by atoms with Gasteiger partial charge in [0.05, 0.1) is 12.8 Å². The topological polar surface area (TPSA) is 128 Å². The van der Waals surface area contributed by atoms with E-state index in [0.29, 0.717) is 43.8 Å². The molecule has 4 rings (SSSR count). The summed E-state index contributed by atoms with van der Waals surface area (Å²) in [5.41, 5.74) is 7.45. The molecule has 4 N–H and O–H groups in total. The number of carboxylic acids is 1. The van der Waals surface area contributed by atoms with E-state index in [2.05, 4.69) is 5.32 Å². The first-order valence-electron chi connectivity index (χ1n) is 9.83. The molecular formula is C23H19ClN2O6S. The van der Waals surface area contributed by atoms with Gasteiger partial charge in [-0.2, -0.15) is 0 Å². The molecule has 0 radical (unpaired) electrons. The minimum Gasteiger partial charge on any atom is -0.493 e. The van der Waals surface area contributed by atoms with Crippen LogP contribution in [0.15, 0.2) is 42.5 Å². The second-order valence-electron chi connectivity index (χ2n) is 7.33. The van der Waals surface area contributed by atoms with E-state index in [9.17, 15) is 19.5 Å². The normalized spacial score (nSPS) is 14.8. The Bertz CT molecular complexity index is 1250. The predicted octanol–water partition coefficient (Wildman–Crippen LogP) is 4.11. The standard InChI is InChI=1S/C23H19ClN2O6S/c1-31-15-7-4-12(8-16(15)32-10-17(25)27)14-9-18(28)26-20-19(11-2-5-13(24)6-3-11)22(23(29)30)33-21(14)20/h2-8,14H,9-10H2,1H3,(H2,25,27)(H,26,28)(H,29,30)/t14-/m1/s1. The summed E-state index contributed by atoms with van der Waals surface area (Å²) < 4.78 is 10.8. The largest absolute Gasteiger partial charge is 0.493 e. The average Bonchev–Trinajstić information content (AvgIpc) is 3.17. The highest BCUT2D eigenvalue weighted by molar-refractivity contribution is 7.15. The summed E-state index contributed by atoms with van der Waals surface area (Å²) in [5.74, 6) is -1.69. The molecule has 2 aromatic carbocycles. The Kier molecular flexibility index (Phi) is 6.26. The van der Waals surface area contributed by atoms with Gasteiger partial charge in [0.2, 0.25) is 5.91 Å². The number of anilines is 1. The maximum Gasteiger partial charge on any atom is 0.346 e. The zero-order valence-corrected chi connectivity index (χ0v) is 19.0. The Morgan fingerprint density at radius 2 is 1.94 bits per heavy atom. The van der Waals surface area contributed by atoms with E-state index in [1.165, 1.54) is 7.11 Å². The molecule has 0 unspecified atom stereocenters. The number of carboxylic acid groups (broad SMARTS) is 1. The molecule has 1 aromatic heterocycles. The smallest absolute Gasteiger partial charge is 0.346 e. The number of methoxy groups -OCH3 is 1. The minimum atomic E-state index is -1.09. The van der Waals surface area contributed by atoms with Gasteiger partial charge in [-0.3, -0.25) is 9.59 Å². The minimum absolute atomic E-state index is 0.119. The lowest BCUT2D eigenvalue weighted by Gasteiger charge is -2.24. The molecule has 0 aliphatic carbocycles. The van der Waals surface area contributed by atoms with Gasteiger partial charge in [0.15, 0.2) is 18.1 Å². The molecule has 1 atom stereocenters. The Morgan fingerprint density at radius 1 is 1.21 bits per heavy atom. The van der Waals surface area contributed by atoms with Crippen molar-refractivity contribution in [1.82, 2.24) is 0 Å². The van der Waals surface area contributed by atoms with Crippen LogP contribution in [0.25, 0.3) is 11.1 Å². The number of carbonyl (C=O) groups is 3. The highest BCUT2D eigenvalue weighted by Crippen LogP contribution is 2.50. The second kappa shape index (κ2) is 9.13. The Balaban J connectivity index is 1.84. The third-order valence-electron chi connectivity index (χ3n) is 5.19. The molecular weight excluding hydrogens is 468 g/mol. The lowest BCUT2D eigenvalue weighted by molar-refractivity contribution is -0.120. The van der Waals surface area contributed by atoms with Crippen LogP contribution in [0.4, 0.5) is 5.69 Å². The summed E-state index contributed by atoms with van der Waals surface area (Å²) in [6.45, 7) is -0.334. The SMILES string of the molecule is COc1ccc([C@H]2CC(=O)Nc3c2sc(C(=O)O)c3-c2ccc(Cl)cc2)cc1OCC(N)=O. The van der Waals surface area contributed by atoms with Crippen molar-refractivity contribution in [2.75, 3.05) is 19.0 Å². The maximum atomic E-state index is 12.7. The van der Waals surface area contributed by atoms with Gasteiger partial charge >= 0.3 is 5.97 Å². The quantitative estimate of drug-likeness (QED) is 0.461. The average molecular weight is 487 g/mol. The van der Waals surface area contributed by atoms with Crippen LogP contribution in [-0.2, 0) is 9.59 Å². The summed E-state index contributed by atoms with van der Waals surface area (Å²) in [6.07, 6.45) is 0.119. The molecule has 1 aliphatic heterocycles. The van der Waals surface area contributed by atoms with Crippen molar-refractivity contribution in [3.05, 3.63) is 62.8 Å². The number of nitrogens with two attached hydrogens (primary N) is 1. The zero-order valence-electron chi connectivity index (χ0n) is 17.4. The van der Waals surface area contributed by atoms with Crippen LogP contribution in [0, 0.1) is 0 Å². The first kappa shape index (κ1) is 22.6. The van der Waals surface area contributed by atoms with Crippen LogP contribution in [0.2, 0.25) is 5.02 Å². The van der Waals surface area contributed by atoms with Crippen molar-refractivity contribution in [2.45, 2.75) is 12.3 Å². The number of benzene rings is 2. The van der Waals surface area contributed by atoms with Crippen molar-refractivity contribution < 1.29 is 29.0 Å². The van der Waals surface area contributed by atoms with Gasteiger partial charge < -0.3 is 25.6 Å². The first-order chi connectivity index (χ1) is 15.8. The Morgan fingerprint density at radius 3 is 2.58 bits per heavy atom. The molecule has 8 nitrogen and oxygen atoms in total. The van der Waals surface area contributed by atoms with Gasteiger partial charge in [0, 0.05) is 27.8 Å². The van der Waals surface area contributed by atoms with Crippen LogP contribution in [-0.4, -0.2) is 36.6 Å². The Labute approximate surface area is 197 Å². The lowest BCUT2D eigenvalue weighted by atomic mass is 9.88. The maximum absolute atomic E-state index is 12.7. The third-order valence-corrected chi connectivity index (χ3v) is 6.74. The molecule has 0 saturated carbocycles. The van der Waals surface area contributed by atoms with E-state index in [0.717, 1.165) is 11.3 Å². The van der Waals surface area contributed by atoms with Crippen molar-refractivity contribution in [2.24, 2.45) is 5.73 Å². The number of hydrogen-bond acceptors (Lipinski definition) is 6. The van der Waals surface area contributed by atoms with Crippen molar-refractivity contribution in [3.8, 4) is 22.6 Å². The summed E-state index contributed by atoms with van der Waals surface area (Å²) >= 11 is 7.11. The van der Waals surface area contributed by atoms with Crippen LogP contribution in [0.5, 0.6) is 11.5 Å². The number of ether oxygens (including phenoxy) is 2. The number of halogens is 1. The van der Waals surface area contributed by atoms with Crippen LogP contribution in [0.1, 0.15) is 32.5 Å². The number of primary amides is 1. The molecule has 170 valence electrons. The zero-order chi connectivity index (χ0) is 23.7. The summed E-state index contributed by atoms with van der Waals surface area (Å²) in [5, 5.41) is 13.2. The predicted molar refractivity (Wildman–Crippen MR) is 124 cm³/mol. The molecule has 10 heteroatoms. The van der Waals surface area contributed by atoms with Crippen LogP contribution >= 0.6 is 22.9 Å². The highest BCUT2D eigenvalue weighted by Gasteiger charge is 2.34. The number of thiophene rings is 1. The third kappa shape index (κ3) is 4.50. The molecule has 3 aromatic rings. The lowest BCUT2D eigenvalue weighted by Crippen LogP contribution is -2.23. The van der Waals surface area contributed by atoms with E-state index in [4.69, 9.17) is 26.8 Å². The van der Waals surface area contributed by atoms with Crippen molar-refractivity contribution in [1.29, 1.82) is 0 Å². The molecule has 0 saturated heterocycles.